The van der Waals surface area contributed by atoms with Crippen LogP contribution >= 0.6 is 0 Å². The van der Waals surface area contributed by atoms with E-state index in [1.54, 1.807) is 0 Å². The number of likely N-dealkylation sites (tertiary alicyclic amines) is 1. The molecule has 1 heterocycles. The van der Waals surface area contributed by atoms with Gasteiger partial charge in [0.15, 0.2) is 0 Å². The Morgan fingerprint density at radius 2 is 2.09 bits per heavy atom. The second-order valence-electron chi connectivity index (χ2n) is 6.50. The van der Waals surface area contributed by atoms with Crippen LogP contribution in [0, 0.1) is 11.8 Å². The van der Waals surface area contributed by atoms with Crippen molar-refractivity contribution in [3.63, 3.8) is 0 Å². The second-order valence-corrected chi connectivity index (χ2v) is 6.50. The normalized spacial score (nSPS) is 18.5. The van der Waals surface area contributed by atoms with Crippen molar-refractivity contribution >= 4 is 5.91 Å². The van der Waals surface area contributed by atoms with Gasteiger partial charge in [-0.25, -0.2) is 0 Å². The fourth-order valence-corrected chi connectivity index (χ4v) is 2.69. The van der Waals surface area contributed by atoms with Gasteiger partial charge in [-0.1, -0.05) is 13.8 Å². The Bertz CT molecular complexity index is 470. The number of benzene rings is 1. The number of rotatable bonds is 6. The van der Waals surface area contributed by atoms with Crippen LogP contribution in [0.25, 0.3) is 0 Å². The molecule has 0 aromatic heterocycles. The summed E-state index contributed by atoms with van der Waals surface area (Å²) < 4.78 is 5.67. The molecule has 0 bridgehead atoms. The quantitative estimate of drug-likeness (QED) is 0.879. The van der Waals surface area contributed by atoms with Crippen LogP contribution in [0.4, 0.5) is 0 Å². The van der Waals surface area contributed by atoms with E-state index in [-0.39, 0.29) is 18.4 Å². The van der Waals surface area contributed by atoms with Gasteiger partial charge in [-0.05, 0) is 55.4 Å². The molecule has 122 valence electrons. The molecule has 1 aromatic rings. The molecule has 1 aliphatic heterocycles. The summed E-state index contributed by atoms with van der Waals surface area (Å²) in [5, 5.41) is 9.26. The largest absolute Gasteiger partial charge is 0.494 e. The molecule has 0 saturated carbocycles. The molecular formula is C18H27NO3. The molecule has 1 aromatic carbocycles. The van der Waals surface area contributed by atoms with Crippen molar-refractivity contribution in [1.29, 1.82) is 0 Å². The first-order valence-electron chi connectivity index (χ1n) is 8.23. The Morgan fingerprint density at radius 1 is 1.36 bits per heavy atom. The number of carbonyl (C=O) groups excluding carboxylic acids is 1. The molecule has 1 unspecified atom stereocenters. The topological polar surface area (TPSA) is 49.8 Å². The van der Waals surface area contributed by atoms with E-state index in [4.69, 9.17) is 4.74 Å². The van der Waals surface area contributed by atoms with E-state index in [9.17, 15) is 9.90 Å². The molecule has 0 spiro atoms. The summed E-state index contributed by atoms with van der Waals surface area (Å²) >= 11 is 0. The van der Waals surface area contributed by atoms with E-state index < -0.39 is 0 Å². The van der Waals surface area contributed by atoms with E-state index >= 15 is 0 Å². The van der Waals surface area contributed by atoms with Crippen LogP contribution in [0.1, 0.15) is 43.5 Å². The third-order valence-electron chi connectivity index (χ3n) is 4.13. The number of hydrogen-bond acceptors (Lipinski definition) is 3. The molecule has 1 amide bonds. The molecule has 1 aliphatic rings. The summed E-state index contributed by atoms with van der Waals surface area (Å²) in [6.07, 6.45) is 2.99. The molecule has 1 N–H and O–H groups in total. The van der Waals surface area contributed by atoms with Crippen molar-refractivity contribution in [2.24, 2.45) is 11.8 Å². The number of ether oxygens (including phenoxy) is 1. The highest BCUT2D eigenvalue weighted by molar-refractivity contribution is 5.94. The average molecular weight is 305 g/mol. The second kappa shape index (κ2) is 8.18. The van der Waals surface area contributed by atoms with Crippen LogP contribution in [-0.4, -0.2) is 42.2 Å². The van der Waals surface area contributed by atoms with Gasteiger partial charge in [0.2, 0.25) is 0 Å². The van der Waals surface area contributed by atoms with E-state index in [2.05, 4.69) is 13.8 Å². The minimum atomic E-state index is 0.0480. The van der Waals surface area contributed by atoms with Gasteiger partial charge < -0.3 is 14.7 Å². The van der Waals surface area contributed by atoms with Crippen LogP contribution in [0.5, 0.6) is 5.75 Å². The van der Waals surface area contributed by atoms with Crippen LogP contribution in [-0.2, 0) is 0 Å². The molecule has 1 fully saturated rings. The van der Waals surface area contributed by atoms with Gasteiger partial charge in [0.05, 0.1) is 6.61 Å². The molecule has 22 heavy (non-hydrogen) atoms. The van der Waals surface area contributed by atoms with Crippen molar-refractivity contribution in [3.05, 3.63) is 29.8 Å². The highest BCUT2D eigenvalue weighted by Crippen LogP contribution is 2.20. The van der Waals surface area contributed by atoms with Gasteiger partial charge in [0, 0.05) is 25.3 Å². The standard InChI is InChI=1S/C18H27NO3/c1-14(2)9-11-22-17-7-5-16(6-8-17)18(21)19-10-3-4-15(12-19)13-20/h5-8,14-15,20H,3-4,9-13H2,1-2H3. The van der Waals surface area contributed by atoms with Crippen molar-refractivity contribution < 1.29 is 14.6 Å². The van der Waals surface area contributed by atoms with Crippen molar-refractivity contribution in [2.75, 3.05) is 26.3 Å². The zero-order valence-corrected chi connectivity index (χ0v) is 13.6. The first-order chi connectivity index (χ1) is 10.6. The Labute approximate surface area is 133 Å². The summed E-state index contributed by atoms with van der Waals surface area (Å²) in [6.45, 7) is 6.64. The minimum absolute atomic E-state index is 0.0480. The molecule has 4 heteroatoms. The molecule has 0 aliphatic carbocycles. The highest BCUT2D eigenvalue weighted by Gasteiger charge is 2.23. The number of carbonyl (C=O) groups is 1. The lowest BCUT2D eigenvalue weighted by Gasteiger charge is -2.31. The zero-order valence-electron chi connectivity index (χ0n) is 13.6. The lowest BCUT2D eigenvalue weighted by molar-refractivity contribution is 0.0620. The van der Waals surface area contributed by atoms with Gasteiger partial charge in [-0.3, -0.25) is 4.79 Å². The van der Waals surface area contributed by atoms with Crippen molar-refractivity contribution in [3.8, 4) is 5.75 Å². The Hall–Kier alpha value is -1.55. The lowest BCUT2D eigenvalue weighted by atomic mass is 9.98. The number of nitrogens with zero attached hydrogens (tertiary/aromatic N) is 1. The smallest absolute Gasteiger partial charge is 0.253 e. The van der Waals surface area contributed by atoms with E-state index in [0.717, 1.165) is 31.6 Å². The van der Waals surface area contributed by atoms with E-state index in [1.807, 2.05) is 29.2 Å². The number of aliphatic hydroxyl groups excluding tert-OH is 1. The van der Waals surface area contributed by atoms with Gasteiger partial charge in [0.25, 0.3) is 5.91 Å². The van der Waals surface area contributed by atoms with Crippen LogP contribution in [0.2, 0.25) is 0 Å². The van der Waals surface area contributed by atoms with Crippen LogP contribution in [0.3, 0.4) is 0 Å². The number of amides is 1. The molecule has 4 nitrogen and oxygen atoms in total. The highest BCUT2D eigenvalue weighted by atomic mass is 16.5. The predicted molar refractivity (Wildman–Crippen MR) is 87.1 cm³/mol. The first kappa shape index (κ1) is 16.8. The summed E-state index contributed by atoms with van der Waals surface area (Å²) in [4.78, 5) is 14.3. The monoisotopic (exact) mass is 305 g/mol. The van der Waals surface area contributed by atoms with Gasteiger partial charge in [-0.15, -0.1) is 0 Å². The van der Waals surface area contributed by atoms with Crippen LogP contribution in [0.15, 0.2) is 24.3 Å². The van der Waals surface area contributed by atoms with Gasteiger partial charge in [0.1, 0.15) is 5.75 Å². The maximum Gasteiger partial charge on any atom is 0.253 e. The first-order valence-corrected chi connectivity index (χ1v) is 8.23. The van der Waals surface area contributed by atoms with Crippen LogP contribution < -0.4 is 4.74 Å². The fraction of sp³-hybridized carbons (Fsp3) is 0.611. The summed E-state index contributed by atoms with van der Waals surface area (Å²) in [7, 11) is 0. The number of aliphatic hydroxyl groups is 1. The summed E-state index contributed by atoms with van der Waals surface area (Å²) in [6, 6.07) is 7.38. The van der Waals surface area contributed by atoms with E-state index in [0.29, 0.717) is 24.6 Å². The van der Waals surface area contributed by atoms with Crippen molar-refractivity contribution in [2.45, 2.75) is 33.1 Å². The fourth-order valence-electron chi connectivity index (χ4n) is 2.69. The van der Waals surface area contributed by atoms with Gasteiger partial charge >= 0.3 is 0 Å². The lowest BCUT2D eigenvalue weighted by Crippen LogP contribution is -2.40. The molecule has 2 rings (SSSR count). The Balaban J connectivity index is 1.90. The molecule has 1 atom stereocenters. The third kappa shape index (κ3) is 4.73. The minimum Gasteiger partial charge on any atom is -0.494 e. The Morgan fingerprint density at radius 3 is 2.73 bits per heavy atom. The van der Waals surface area contributed by atoms with Gasteiger partial charge in [-0.2, -0.15) is 0 Å². The Kier molecular flexibility index (Phi) is 6.25. The predicted octanol–water partition coefficient (Wildman–Crippen LogP) is 2.96. The molecular weight excluding hydrogens is 278 g/mol. The maximum atomic E-state index is 12.5. The number of hydrogen-bond donors (Lipinski definition) is 1. The average Bonchev–Trinajstić information content (AvgIpc) is 2.54. The molecule has 1 saturated heterocycles. The third-order valence-corrected chi connectivity index (χ3v) is 4.13. The van der Waals surface area contributed by atoms with Crippen molar-refractivity contribution in [1.82, 2.24) is 4.90 Å². The SMILES string of the molecule is CC(C)CCOc1ccc(C(=O)N2CCCC(CO)C2)cc1. The molecule has 0 radical (unpaired) electrons. The van der Waals surface area contributed by atoms with E-state index in [1.165, 1.54) is 0 Å². The summed E-state index contributed by atoms with van der Waals surface area (Å²) in [5.74, 6) is 1.70. The maximum absolute atomic E-state index is 12.5. The zero-order chi connectivity index (χ0) is 15.9. The summed E-state index contributed by atoms with van der Waals surface area (Å²) in [5.41, 5.74) is 0.690. The number of piperidine rings is 1.